The Morgan fingerprint density at radius 1 is 1.54 bits per heavy atom. The molecule has 0 amide bonds. The fourth-order valence-electron chi connectivity index (χ4n) is 0.885. The average Bonchev–Trinajstić information content (AvgIpc) is 2.03. The summed E-state index contributed by atoms with van der Waals surface area (Å²) in [5.74, 6) is -0.846. The van der Waals surface area contributed by atoms with Gasteiger partial charge >= 0.3 is 5.97 Å². The third-order valence-electron chi connectivity index (χ3n) is 1.40. The highest BCUT2D eigenvalue weighted by atomic mass is 35.5. The molecule has 1 rings (SSSR count). The summed E-state index contributed by atoms with van der Waals surface area (Å²) in [5.41, 5.74) is 0.0741. The standard InChI is InChI=1S/C8H7ClO3.H3N/c1-12-7-5(8(10)11)3-2-4-6(7)9;/h2-4H,1H3,(H,10,11);1H3. The monoisotopic (exact) mass is 203 g/mol. The SMILES string of the molecule is COc1c(Cl)cccc1C(=O)O.N. The Kier molecular flexibility index (Phi) is 4.23. The molecule has 1 aromatic carbocycles. The Hall–Kier alpha value is -1.26. The number of carboxylic acid groups (broad SMARTS) is 1. The molecule has 5 heteroatoms. The topological polar surface area (TPSA) is 81.5 Å². The first-order valence-corrected chi connectivity index (χ1v) is 3.60. The van der Waals surface area contributed by atoms with E-state index in [4.69, 9.17) is 21.4 Å². The maximum atomic E-state index is 10.6. The molecular formula is C8H10ClNO3. The summed E-state index contributed by atoms with van der Waals surface area (Å²) in [4.78, 5) is 10.6. The van der Waals surface area contributed by atoms with Crippen molar-refractivity contribution in [1.82, 2.24) is 6.15 Å². The van der Waals surface area contributed by atoms with Crippen LogP contribution in [-0.4, -0.2) is 18.2 Å². The van der Waals surface area contributed by atoms with E-state index >= 15 is 0 Å². The van der Waals surface area contributed by atoms with E-state index in [0.717, 1.165) is 0 Å². The summed E-state index contributed by atoms with van der Waals surface area (Å²) in [5, 5.41) is 8.99. The summed E-state index contributed by atoms with van der Waals surface area (Å²) in [6.07, 6.45) is 0. The molecule has 0 aromatic heterocycles. The lowest BCUT2D eigenvalue weighted by Crippen LogP contribution is -2.00. The number of hydrogen-bond acceptors (Lipinski definition) is 3. The van der Waals surface area contributed by atoms with Crippen LogP contribution in [0.3, 0.4) is 0 Å². The molecule has 4 nitrogen and oxygen atoms in total. The van der Waals surface area contributed by atoms with Crippen molar-refractivity contribution < 1.29 is 14.6 Å². The Morgan fingerprint density at radius 3 is 2.54 bits per heavy atom. The number of halogens is 1. The molecule has 0 saturated heterocycles. The highest BCUT2D eigenvalue weighted by molar-refractivity contribution is 6.32. The van der Waals surface area contributed by atoms with Crippen LogP contribution in [0.1, 0.15) is 10.4 Å². The Balaban J connectivity index is 0.00000144. The van der Waals surface area contributed by atoms with Gasteiger partial charge in [-0.25, -0.2) is 4.79 Å². The molecule has 13 heavy (non-hydrogen) atoms. The van der Waals surface area contributed by atoms with Crippen molar-refractivity contribution in [1.29, 1.82) is 0 Å². The van der Waals surface area contributed by atoms with Gasteiger partial charge in [0, 0.05) is 0 Å². The van der Waals surface area contributed by atoms with Crippen molar-refractivity contribution in [2.75, 3.05) is 7.11 Å². The first-order chi connectivity index (χ1) is 5.66. The van der Waals surface area contributed by atoms with E-state index in [2.05, 4.69) is 0 Å². The highest BCUT2D eigenvalue weighted by Crippen LogP contribution is 2.27. The second-order valence-corrected chi connectivity index (χ2v) is 2.53. The van der Waals surface area contributed by atoms with E-state index in [-0.39, 0.29) is 17.5 Å². The number of hydrogen-bond donors (Lipinski definition) is 2. The third-order valence-corrected chi connectivity index (χ3v) is 1.70. The van der Waals surface area contributed by atoms with E-state index < -0.39 is 5.97 Å². The number of benzene rings is 1. The molecule has 0 atom stereocenters. The smallest absolute Gasteiger partial charge is 0.339 e. The number of carbonyl (C=O) groups is 1. The molecular weight excluding hydrogens is 194 g/mol. The zero-order valence-electron chi connectivity index (χ0n) is 7.08. The van der Waals surface area contributed by atoms with Gasteiger partial charge in [-0.05, 0) is 12.1 Å². The normalized spacial score (nSPS) is 8.77. The summed E-state index contributed by atoms with van der Waals surface area (Å²) in [6.45, 7) is 0. The van der Waals surface area contributed by atoms with Crippen LogP contribution >= 0.6 is 11.6 Å². The van der Waals surface area contributed by atoms with Crippen LogP contribution in [0.2, 0.25) is 5.02 Å². The Morgan fingerprint density at radius 2 is 2.15 bits per heavy atom. The number of para-hydroxylation sites is 1. The zero-order chi connectivity index (χ0) is 9.14. The number of carboxylic acids is 1. The maximum Gasteiger partial charge on any atom is 0.339 e. The van der Waals surface area contributed by atoms with Crippen LogP contribution in [0.25, 0.3) is 0 Å². The Bertz CT molecular complexity index is 314. The van der Waals surface area contributed by atoms with Crippen molar-refractivity contribution in [3.05, 3.63) is 28.8 Å². The van der Waals surface area contributed by atoms with Gasteiger partial charge in [0.2, 0.25) is 0 Å². The van der Waals surface area contributed by atoms with Gasteiger partial charge in [0.15, 0.2) is 5.75 Å². The van der Waals surface area contributed by atoms with Gasteiger partial charge in [0.25, 0.3) is 0 Å². The van der Waals surface area contributed by atoms with Crippen LogP contribution in [-0.2, 0) is 0 Å². The minimum Gasteiger partial charge on any atom is -0.494 e. The lowest BCUT2D eigenvalue weighted by Gasteiger charge is -2.05. The summed E-state index contributed by atoms with van der Waals surface area (Å²) < 4.78 is 4.82. The third kappa shape index (κ3) is 2.34. The molecule has 1 aromatic rings. The van der Waals surface area contributed by atoms with Crippen LogP contribution < -0.4 is 10.9 Å². The van der Waals surface area contributed by atoms with E-state index in [1.807, 2.05) is 0 Å². The van der Waals surface area contributed by atoms with Gasteiger partial charge in [0.1, 0.15) is 5.56 Å². The van der Waals surface area contributed by atoms with Gasteiger partial charge in [0.05, 0.1) is 12.1 Å². The molecule has 0 aliphatic heterocycles. The second kappa shape index (κ2) is 4.69. The number of rotatable bonds is 2. The van der Waals surface area contributed by atoms with Crippen LogP contribution in [0.5, 0.6) is 5.75 Å². The largest absolute Gasteiger partial charge is 0.494 e. The Labute approximate surface area is 80.7 Å². The summed E-state index contributed by atoms with van der Waals surface area (Å²) in [7, 11) is 1.38. The lowest BCUT2D eigenvalue weighted by molar-refractivity contribution is 0.0693. The van der Waals surface area contributed by atoms with Crippen LogP contribution in [0.4, 0.5) is 0 Å². The summed E-state index contributed by atoms with van der Waals surface area (Å²) >= 11 is 5.69. The first kappa shape index (κ1) is 11.7. The fourth-order valence-corrected chi connectivity index (χ4v) is 1.14. The van der Waals surface area contributed by atoms with E-state index in [9.17, 15) is 4.79 Å². The molecule has 0 aliphatic carbocycles. The van der Waals surface area contributed by atoms with Gasteiger partial charge in [-0.2, -0.15) is 0 Å². The molecule has 4 N–H and O–H groups in total. The predicted molar refractivity (Wildman–Crippen MR) is 50.0 cm³/mol. The van der Waals surface area contributed by atoms with E-state index in [0.29, 0.717) is 5.02 Å². The molecule has 72 valence electrons. The minimum absolute atomic E-state index is 0. The minimum atomic E-state index is -1.05. The molecule has 0 aliphatic rings. The fraction of sp³-hybridized carbons (Fsp3) is 0.125. The quantitative estimate of drug-likeness (QED) is 0.772. The van der Waals surface area contributed by atoms with Gasteiger partial charge < -0.3 is 16.0 Å². The predicted octanol–water partition coefficient (Wildman–Crippen LogP) is 2.21. The molecule has 0 unspecified atom stereocenters. The van der Waals surface area contributed by atoms with E-state index in [1.165, 1.54) is 13.2 Å². The van der Waals surface area contributed by atoms with Gasteiger partial charge in [-0.1, -0.05) is 17.7 Å². The summed E-state index contributed by atoms with van der Waals surface area (Å²) in [6, 6.07) is 4.58. The van der Waals surface area contributed by atoms with Crippen molar-refractivity contribution in [3.63, 3.8) is 0 Å². The molecule has 0 heterocycles. The molecule has 0 radical (unpaired) electrons. The number of ether oxygens (including phenoxy) is 1. The van der Waals surface area contributed by atoms with Crippen molar-refractivity contribution in [2.45, 2.75) is 0 Å². The van der Waals surface area contributed by atoms with Crippen LogP contribution in [0.15, 0.2) is 18.2 Å². The number of aromatic carboxylic acids is 1. The van der Waals surface area contributed by atoms with Gasteiger partial charge in [-0.3, -0.25) is 0 Å². The van der Waals surface area contributed by atoms with E-state index in [1.54, 1.807) is 12.1 Å². The second-order valence-electron chi connectivity index (χ2n) is 2.13. The van der Waals surface area contributed by atoms with Crippen LogP contribution in [0, 0.1) is 0 Å². The lowest BCUT2D eigenvalue weighted by atomic mass is 10.2. The molecule has 0 bridgehead atoms. The van der Waals surface area contributed by atoms with Crippen molar-refractivity contribution in [3.8, 4) is 5.75 Å². The molecule has 0 spiro atoms. The molecule has 0 fully saturated rings. The van der Waals surface area contributed by atoms with Crippen molar-refractivity contribution >= 4 is 17.6 Å². The molecule has 0 saturated carbocycles. The zero-order valence-corrected chi connectivity index (χ0v) is 7.84. The first-order valence-electron chi connectivity index (χ1n) is 3.22. The van der Waals surface area contributed by atoms with Crippen molar-refractivity contribution in [2.24, 2.45) is 0 Å². The van der Waals surface area contributed by atoms with Gasteiger partial charge in [-0.15, -0.1) is 0 Å². The average molecular weight is 204 g/mol. The number of methoxy groups -OCH3 is 1. The highest BCUT2D eigenvalue weighted by Gasteiger charge is 2.12. The maximum absolute atomic E-state index is 10.6.